The van der Waals surface area contributed by atoms with Gasteiger partial charge in [0.15, 0.2) is 0 Å². The van der Waals surface area contributed by atoms with Gasteiger partial charge in [0.1, 0.15) is 5.75 Å². The van der Waals surface area contributed by atoms with Gasteiger partial charge >= 0.3 is 0 Å². The summed E-state index contributed by atoms with van der Waals surface area (Å²) in [5, 5.41) is 0. The molecule has 0 aliphatic heterocycles. The van der Waals surface area contributed by atoms with Crippen molar-refractivity contribution in [1.29, 1.82) is 0 Å². The summed E-state index contributed by atoms with van der Waals surface area (Å²) in [6.07, 6.45) is 0.847. The molecule has 0 fully saturated rings. The highest BCUT2D eigenvalue weighted by molar-refractivity contribution is 5.36. The highest BCUT2D eigenvalue weighted by Crippen LogP contribution is 2.21. The Kier molecular flexibility index (Phi) is 4.00. The van der Waals surface area contributed by atoms with Crippen LogP contribution in [0.3, 0.4) is 0 Å². The van der Waals surface area contributed by atoms with Crippen molar-refractivity contribution in [2.45, 2.75) is 19.4 Å². The number of benzene rings is 2. The second kappa shape index (κ2) is 5.69. The van der Waals surface area contributed by atoms with E-state index in [4.69, 9.17) is 10.5 Å². The van der Waals surface area contributed by atoms with Crippen molar-refractivity contribution in [3.63, 3.8) is 0 Å². The molecule has 2 aromatic rings. The quantitative estimate of drug-likeness (QED) is 0.891. The minimum absolute atomic E-state index is 0.0401. The molecule has 0 saturated heterocycles. The maximum atomic E-state index is 6.24. The molecule has 0 spiro atoms. The van der Waals surface area contributed by atoms with E-state index in [1.54, 1.807) is 7.11 Å². The average molecular weight is 241 g/mol. The van der Waals surface area contributed by atoms with Gasteiger partial charge in [-0.2, -0.15) is 0 Å². The molecule has 0 aliphatic rings. The Morgan fingerprint density at radius 3 is 2.44 bits per heavy atom. The van der Waals surface area contributed by atoms with Gasteiger partial charge in [0, 0.05) is 6.04 Å². The van der Waals surface area contributed by atoms with Gasteiger partial charge in [-0.1, -0.05) is 36.4 Å². The van der Waals surface area contributed by atoms with Crippen LogP contribution in [0, 0.1) is 6.92 Å². The van der Waals surface area contributed by atoms with Crippen molar-refractivity contribution >= 4 is 0 Å². The lowest BCUT2D eigenvalue weighted by molar-refractivity contribution is 0.414. The number of ether oxygens (including phenoxy) is 1. The lowest BCUT2D eigenvalue weighted by Gasteiger charge is -2.14. The van der Waals surface area contributed by atoms with Gasteiger partial charge < -0.3 is 10.5 Å². The molecule has 0 bridgehead atoms. The smallest absolute Gasteiger partial charge is 0.119 e. The van der Waals surface area contributed by atoms with Crippen LogP contribution in [0.1, 0.15) is 22.7 Å². The summed E-state index contributed by atoms with van der Waals surface area (Å²) in [6.45, 7) is 2.09. The first kappa shape index (κ1) is 12.7. The summed E-state index contributed by atoms with van der Waals surface area (Å²) < 4.78 is 5.21. The first-order valence-corrected chi connectivity index (χ1v) is 6.14. The van der Waals surface area contributed by atoms with E-state index < -0.39 is 0 Å². The number of hydrogen-bond acceptors (Lipinski definition) is 2. The van der Waals surface area contributed by atoms with Crippen molar-refractivity contribution in [3.05, 3.63) is 65.2 Å². The Morgan fingerprint density at radius 1 is 1.11 bits per heavy atom. The second-order valence-corrected chi connectivity index (χ2v) is 4.51. The van der Waals surface area contributed by atoms with E-state index in [-0.39, 0.29) is 6.04 Å². The number of hydrogen-bond donors (Lipinski definition) is 1. The highest BCUT2D eigenvalue weighted by atomic mass is 16.5. The van der Waals surface area contributed by atoms with Gasteiger partial charge in [-0.3, -0.25) is 0 Å². The van der Waals surface area contributed by atoms with E-state index in [1.807, 2.05) is 30.3 Å². The van der Waals surface area contributed by atoms with Gasteiger partial charge in [-0.15, -0.1) is 0 Å². The molecule has 2 rings (SSSR count). The summed E-state index contributed by atoms with van der Waals surface area (Å²) in [7, 11) is 1.68. The van der Waals surface area contributed by atoms with E-state index in [0.29, 0.717) is 0 Å². The first-order valence-electron chi connectivity index (χ1n) is 6.14. The molecule has 1 atom stereocenters. The molecule has 0 aromatic heterocycles. The Bertz CT molecular complexity index is 508. The zero-order chi connectivity index (χ0) is 13.0. The predicted molar refractivity (Wildman–Crippen MR) is 74.8 cm³/mol. The maximum absolute atomic E-state index is 6.24. The van der Waals surface area contributed by atoms with Crippen molar-refractivity contribution in [1.82, 2.24) is 0 Å². The minimum atomic E-state index is 0.0401. The summed E-state index contributed by atoms with van der Waals surface area (Å²) in [6, 6.07) is 16.4. The molecule has 2 N–H and O–H groups in total. The van der Waals surface area contributed by atoms with Crippen molar-refractivity contribution in [3.8, 4) is 5.75 Å². The van der Waals surface area contributed by atoms with Gasteiger partial charge in [-0.05, 0) is 42.2 Å². The summed E-state index contributed by atoms with van der Waals surface area (Å²) in [4.78, 5) is 0. The zero-order valence-corrected chi connectivity index (χ0v) is 10.9. The van der Waals surface area contributed by atoms with Crippen LogP contribution in [0.2, 0.25) is 0 Å². The predicted octanol–water partition coefficient (Wildman–Crippen LogP) is 3.25. The summed E-state index contributed by atoms with van der Waals surface area (Å²) in [5.41, 5.74) is 9.90. The van der Waals surface area contributed by atoms with E-state index >= 15 is 0 Å². The van der Waals surface area contributed by atoms with Crippen molar-refractivity contribution in [2.75, 3.05) is 7.11 Å². The standard InChI is InChI=1S/C16H19NO/c1-12-10-15(18-2)9-8-14(12)11-16(17)13-6-4-3-5-7-13/h3-10,16H,11,17H2,1-2H3. The largest absolute Gasteiger partial charge is 0.497 e. The van der Waals surface area contributed by atoms with Crippen LogP contribution < -0.4 is 10.5 Å². The molecular weight excluding hydrogens is 222 g/mol. The summed E-state index contributed by atoms with van der Waals surface area (Å²) >= 11 is 0. The van der Waals surface area contributed by atoms with Gasteiger partial charge in [-0.25, -0.2) is 0 Å². The third kappa shape index (κ3) is 2.90. The van der Waals surface area contributed by atoms with Crippen molar-refractivity contribution in [2.24, 2.45) is 5.73 Å². The fourth-order valence-electron chi connectivity index (χ4n) is 2.08. The third-order valence-corrected chi connectivity index (χ3v) is 3.22. The molecular formula is C16H19NO. The monoisotopic (exact) mass is 241 g/mol. The van der Waals surface area contributed by atoms with E-state index in [0.717, 1.165) is 12.2 Å². The van der Waals surface area contributed by atoms with Crippen LogP contribution in [-0.2, 0) is 6.42 Å². The van der Waals surface area contributed by atoms with Gasteiger partial charge in [0.25, 0.3) is 0 Å². The molecule has 2 aromatic carbocycles. The molecule has 0 saturated carbocycles. The Labute approximate surface area is 108 Å². The summed E-state index contributed by atoms with van der Waals surface area (Å²) in [5.74, 6) is 0.893. The van der Waals surface area contributed by atoms with Crippen LogP contribution in [0.4, 0.5) is 0 Å². The van der Waals surface area contributed by atoms with E-state index in [2.05, 4.69) is 25.1 Å². The maximum Gasteiger partial charge on any atom is 0.119 e. The number of nitrogens with two attached hydrogens (primary N) is 1. The Hall–Kier alpha value is -1.80. The normalized spacial score (nSPS) is 12.2. The topological polar surface area (TPSA) is 35.2 Å². The fourth-order valence-corrected chi connectivity index (χ4v) is 2.08. The van der Waals surface area contributed by atoms with E-state index in [1.165, 1.54) is 16.7 Å². The van der Waals surface area contributed by atoms with Crippen LogP contribution in [0.15, 0.2) is 48.5 Å². The molecule has 0 amide bonds. The zero-order valence-electron chi connectivity index (χ0n) is 10.9. The Morgan fingerprint density at radius 2 is 1.83 bits per heavy atom. The fraction of sp³-hybridized carbons (Fsp3) is 0.250. The molecule has 94 valence electrons. The molecule has 1 unspecified atom stereocenters. The van der Waals surface area contributed by atoms with Gasteiger partial charge in [0.05, 0.1) is 7.11 Å². The second-order valence-electron chi connectivity index (χ2n) is 4.51. The molecule has 0 aliphatic carbocycles. The molecule has 2 nitrogen and oxygen atoms in total. The third-order valence-electron chi connectivity index (χ3n) is 3.22. The SMILES string of the molecule is COc1ccc(CC(N)c2ccccc2)c(C)c1. The number of methoxy groups -OCH3 is 1. The number of rotatable bonds is 4. The first-order chi connectivity index (χ1) is 8.70. The molecule has 18 heavy (non-hydrogen) atoms. The molecule has 2 heteroatoms. The Balaban J connectivity index is 2.14. The highest BCUT2D eigenvalue weighted by Gasteiger charge is 2.08. The van der Waals surface area contributed by atoms with Crippen molar-refractivity contribution < 1.29 is 4.74 Å². The van der Waals surface area contributed by atoms with Crippen LogP contribution in [0.25, 0.3) is 0 Å². The minimum Gasteiger partial charge on any atom is -0.497 e. The van der Waals surface area contributed by atoms with Crippen LogP contribution in [-0.4, -0.2) is 7.11 Å². The molecule has 0 heterocycles. The van der Waals surface area contributed by atoms with E-state index in [9.17, 15) is 0 Å². The molecule has 0 radical (unpaired) electrons. The number of aryl methyl sites for hydroxylation is 1. The van der Waals surface area contributed by atoms with Gasteiger partial charge in [0.2, 0.25) is 0 Å². The van der Waals surface area contributed by atoms with Crippen LogP contribution in [0.5, 0.6) is 5.75 Å². The lowest BCUT2D eigenvalue weighted by atomic mass is 9.97. The van der Waals surface area contributed by atoms with Crippen LogP contribution >= 0.6 is 0 Å². The average Bonchev–Trinajstić information content (AvgIpc) is 2.42. The lowest BCUT2D eigenvalue weighted by Crippen LogP contribution is -2.13.